The first-order chi connectivity index (χ1) is 43.0. The highest BCUT2D eigenvalue weighted by molar-refractivity contribution is 6.20. The van der Waals surface area contributed by atoms with Crippen molar-refractivity contribution in [2.75, 3.05) is 68.8 Å². The Morgan fingerprint density at radius 2 is 1.09 bits per heavy atom. The molecule has 8 amide bonds. The van der Waals surface area contributed by atoms with E-state index in [-0.39, 0.29) is 98.8 Å². The molecule has 4 atom stereocenters. The van der Waals surface area contributed by atoms with Crippen LogP contribution < -0.4 is 29.9 Å². The van der Waals surface area contributed by atoms with Crippen LogP contribution in [-0.2, 0) is 49.5 Å². The summed E-state index contributed by atoms with van der Waals surface area (Å²) in [6.45, 7) is 28.2. The standard InChI is InChI=1S/C39H54N4O9.C28H41ClN4O6/c1-8-34(44)40-18-20-42-32-23-31(27(4)22-33(32)52-39(6,7)37(42)47)36(46)43(26(2)3)30-16-12-19-41(24-30)38(48)51-28(5)50-35(45)17-13-21-49-25-29-14-10-9-11-15-29;1-8-24(34)30-11-13-32-22-15-21(18(4)14-23(22)39-28(6,7)26(32)36)25(35)33(17(2)3)20-10-9-12-31(16-20)27(37)38-19(5)29/h9-11,14-15,22-23,26,28,30H,8,12-13,16-21,24-25H2,1-7H3,(H,40,44);14-15,17,19-20H,8-13,16H2,1-7H3,(H,30,34)/t28?,30-;19?,20-/m11/s1. The van der Waals surface area contributed by atoms with Gasteiger partial charge in [0, 0.05) is 108 Å². The summed E-state index contributed by atoms with van der Waals surface area (Å²) in [7, 11) is 0. The molecule has 0 radical (unpaired) electrons. The Bertz CT molecular complexity index is 3080. The summed E-state index contributed by atoms with van der Waals surface area (Å²) in [5.41, 5.74) is 1.31. The van der Waals surface area contributed by atoms with Gasteiger partial charge in [-0.3, -0.25) is 33.6 Å². The molecule has 4 aliphatic heterocycles. The number of fused-ring (bicyclic) bond motifs is 2. The number of likely N-dealkylation sites (tertiary alicyclic amines) is 2. The summed E-state index contributed by atoms with van der Waals surface area (Å²) in [4.78, 5) is 127. The fourth-order valence-electron chi connectivity index (χ4n) is 11.6. The summed E-state index contributed by atoms with van der Waals surface area (Å²) in [5.74, 6) is -0.672. The Morgan fingerprint density at radius 3 is 1.51 bits per heavy atom. The van der Waals surface area contributed by atoms with Crippen molar-refractivity contribution < 1.29 is 71.6 Å². The molecular weight excluding hydrogens is 1190 g/mol. The third-order valence-corrected chi connectivity index (χ3v) is 16.2. The smallest absolute Gasteiger partial charge is 0.412 e. The van der Waals surface area contributed by atoms with E-state index >= 15 is 0 Å². The molecule has 4 heterocycles. The van der Waals surface area contributed by atoms with E-state index in [2.05, 4.69) is 10.6 Å². The molecule has 91 heavy (non-hydrogen) atoms. The van der Waals surface area contributed by atoms with Crippen molar-refractivity contribution >= 4 is 76.6 Å². The van der Waals surface area contributed by atoms with Crippen molar-refractivity contribution in [2.45, 2.75) is 202 Å². The van der Waals surface area contributed by atoms with Crippen LogP contribution >= 0.6 is 11.6 Å². The molecule has 3 aromatic rings. The zero-order valence-corrected chi connectivity index (χ0v) is 56.3. The molecule has 0 aliphatic carbocycles. The quantitative estimate of drug-likeness (QED) is 0.0388. The van der Waals surface area contributed by atoms with Crippen molar-refractivity contribution in [3.8, 4) is 11.5 Å². The molecule has 24 heteroatoms. The SMILES string of the molecule is CCC(=O)NCCN1C(=O)C(C)(C)Oc2cc(C)c(C(=O)N(C(C)C)[C@@H]3CCCN(C(=O)OC(C)Cl)C3)cc21.CCC(=O)NCCN1C(=O)C(C)(C)Oc2cc(C)c(C(=O)N(C(C)C)[C@@H]3CCCN(C(=O)OC(C)OC(=O)CCCOCc4ccccc4)C3)cc21. The summed E-state index contributed by atoms with van der Waals surface area (Å²) in [6, 6.07) is 15.9. The maximum atomic E-state index is 14.3. The average molecular weight is 1290 g/mol. The Labute approximate surface area is 541 Å². The lowest BCUT2D eigenvalue weighted by molar-refractivity contribution is -0.166. The van der Waals surface area contributed by atoms with Crippen molar-refractivity contribution in [3.63, 3.8) is 0 Å². The maximum Gasteiger partial charge on any atom is 0.412 e. The predicted octanol–water partition coefficient (Wildman–Crippen LogP) is 9.42. The molecule has 0 saturated carbocycles. The number of nitrogens with zero attached hydrogens (tertiary/aromatic N) is 6. The van der Waals surface area contributed by atoms with E-state index in [4.69, 9.17) is 40.0 Å². The van der Waals surface area contributed by atoms with E-state index in [9.17, 15) is 43.2 Å². The minimum atomic E-state index is -1.13. The molecule has 3 aromatic carbocycles. The number of hydrogen-bond donors (Lipinski definition) is 2. The van der Waals surface area contributed by atoms with Gasteiger partial charge in [0.1, 0.15) is 11.5 Å². The van der Waals surface area contributed by atoms with Crippen LogP contribution in [-0.4, -0.2) is 179 Å². The number of esters is 1. The van der Waals surface area contributed by atoms with Gasteiger partial charge in [-0.2, -0.15) is 0 Å². The average Bonchev–Trinajstić information content (AvgIpc) is 0.786. The summed E-state index contributed by atoms with van der Waals surface area (Å²) < 4.78 is 33.7. The van der Waals surface area contributed by atoms with Gasteiger partial charge in [0.15, 0.2) is 16.8 Å². The van der Waals surface area contributed by atoms with E-state index in [1.165, 1.54) is 6.92 Å². The molecule has 0 bridgehead atoms. The molecule has 500 valence electrons. The molecular formula is C67H95ClN8O15. The molecule has 4 aliphatic rings. The molecule has 0 spiro atoms. The van der Waals surface area contributed by atoms with Crippen molar-refractivity contribution in [2.24, 2.45) is 0 Å². The second-order valence-corrected chi connectivity index (χ2v) is 25.5. The van der Waals surface area contributed by atoms with Crippen LogP contribution in [0.4, 0.5) is 21.0 Å². The summed E-state index contributed by atoms with van der Waals surface area (Å²) in [5, 5.41) is 5.62. The first kappa shape index (κ1) is 72.4. The summed E-state index contributed by atoms with van der Waals surface area (Å²) >= 11 is 5.85. The number of amides is 8. The Balaban J connectivity index is 0.000000302. The number of nitrogens with one attached hydrogen (secondary N) is 2. The first-order valence-corrected chi connectivity index (χ1v) is 32.3. The zero-order chi connectivity index (χ0) is 67.1. The third-order valence-electron chi connectivity index (χ3n) is 16.1. The van der Waals surface area contributed by atoms with Crippen LogP contribution in [0.15, 0.2) is 54.6 Å². The van der Waals surface area contributed by atoms with Crippen LogP contribution in [0.1, 0.15) is 172 Å². The maximum absolute atomic E-state index is 14.3. The number of piperidine rings is 2. The highest BCUT2D eigenvalue weighted by Crippen LogP contribution is 2.42. The van der Waals surface area contributed by atoms with Crippen LogP contribution in [0.25, 0.3) is 0 Å². The number of carbonyl (C=O) groups is 9. The van der Waals surface area contributed by atoms with Gasteiger partial charge >= 0.3 is 18.2 Å². The topological polar surface area (TPSA) is 253 Å². The third kappa shape index (κ3) is 19.2. The Morgan fingerprint density at radius 1 is 0.648 bits per heavy atom. The molecule has 2 unspecified atom stereocenters. The molecule has 7 rings (SSSR count). The van der Waals surface area contributed by atoms with Crippen molar-refractivity contribution in [1.82, 2.24) is 30.2 Å². The van der Waals surface area contributed by atoms with E-state index in [1.807, 2.05) is 71.9 Å². The summed E-state index contributed by atoms with van der Waals surface area (Å²) in [6.07, 6.45) is 1.87. The van der Waals surface area contributed by atoms with Gasteiger partial charge in [0.25, 0.3) is 23.6 Å². The molecule has 2 saturated heterocycles. The van der Waals surface area contributed by atoms with E-state index in [0.717, 1.165) is 24.0 Å². The lowest BCUT2D eigenvalue weighted by Crippen LogP contribution is -2.55. The largest absolute Gasteiger partial charge is 0.476 e. The lowest BCUT2D eigenvalue weighted by Gasteiger charge is -2.42. The highest BCUT2D eigenvalue weighted by Gasteiger charge is 2.44. The van der Waals surface area contributed by atoms with Crippen LogP contribution in [0.5, 0.6) is 11.5 Å². The highest BCUT2D eigenvalue weighted by atomic mass is 35.5. The molecule has 2 fully saturated rings. The number of benzene rings is 3. The van der Waals surface area contributed by atoms with Gasteiger partial charge in [0.2, 0.25) is 18.1 Å². The van der Waals surface area contributed by atoms with E-state index in [1.54, 1.807) is 102 Å². The number of aryl methyl sites for hydroxylation is 2. The number of carbonyl (C=O) groups excluding carboxylic acids is 9. The number of rotatable bonds is 23. The number of alkyl halides is 1. The predicted molar refractivity (Wildman–Crippen MR) is 344 cm³/mol. The van der Waals surface area contributed by atoms with Crippen LogP contribution in [0.2, 0.25) is 0 Å². The molecule has 23 nitrogen and oxygen atoms in total. The number of ether oxygens (including phenoxy) is 6. The Hall–Kier alpha value is -7.66. The number of hydrogen-bond acceptors (Lipinski definition) is 15. The zero-order valence-electron chi connectivity index (χ0n) is 55.6. The normalized spacial score (nSPS) is 18.0. The van der Waals surface area contributed by atoms with E-state index in [0.29, 0.717) is 105 Å². The van der Waals surface area contributed by atoms with Gasteiger partial charge < -0.3 is 68.5 Å². The fourth-order valence-corrected chi connectivity index (χ4v) is 11.7. The second-order valence-electron chi connectivity index (χ2n) is 24.9. The monoisotopic (exact) mass is 1290 g/mol. The van der Waals surface area contributed by atoms with Gasteiger partial charge in [-0.1, -0.05) is 55.8 Å². The molecule has 0 aromatic heterocycles. The fraction of sp³-hybridized carbons (Fsp3) is 0.597. The first-order valence-electron chi connectivity index (χ1n) is 31.8. The van der Waals surface area contributed by atoms with Crippen LogP contribution in [0, 0.1) is 13.8 Å². The Kier molecular flexibility index (Phi) is 25.9. The van der Waals surface area contributed by atoms with Gasteiger partial charge in [-0.25, -0.2) is 9.59 Å². The number of anilines is 2. The van der Waals surface area contributed by atoms with Gasteiger partial charge in [0.05, 0.1) is 30.1 Å². The van der Waals surface area contributed by atoms with E-state index < -0.39 is 41.2 Å². The molecule has 2 N–H and O–H groups in total. The lowest BCUT2D eigenvalue weighted by atomic mass is 9.97. The van der Waals surface area contributed by atoms with Gasteiger partial charge in [-0.05, 0) is 149 Å². The van der Waals surface area contributed by atoms with Crippen LogP contribution in [0.3, 0.4) is 0 Å². The minimum absolute atomic E-state index is 0.103. The number of halogens is 1. The second kappa shape index (κ2) is 32.6. The van der Waals surface area contributed by atoms with Crippen molar-refractivity contribution in [3.05, 3.63) is 82.4 Å². The minimum Gasteiger partial charge on any atom is -0.476 e. The van der Waals surface area contributed by atoms with Gasteiger partial charge in [-0.15, -0.1) is 0 Å². The van der Waals surface area contributed by atoms with Crippen molar-refractivity contribution in [1.29, 1.82) is 0 Å².